The first-order valence-electron chi connectivity index (χ1n) is 7.83. The molecule has 0 aromatic carbocycles. The fourth-order valence-corrected chi connectivity index (χ4v) is 3.90. The van der Waals surface area contributed by atoms with Crippen LogP contribution in [-0.4, -0.2) is 32.8 Å². The number of aromatic nitrogens is 3. The zero-order chi connectivity index (χ0) is 13.2. The molecule has 106 valence electrons. The average Bonchev–Trinajstić information content (AvgIpc) is 3.01. The predicted molar refractivity (Wildman–Crippen MR) is 75.7 cm³/mol. The van der Waals surface area contributed by atoms with Crippen LogP contribution in [0, 0.1) is 11.8 Å². The van der Waals surface area contributed by atoms with E-state index in [9.17, 15) is 0 Å². The first kappa shape index (κ1) is 13.1. The van der Waals surface area contributed by atoms with Gasteiger partial charge in [0, 0.05) is 13.6 Å². The van der Waals surface area contributed by atoms with Crippen LogP contribution in [0.25, 0.3) is 0 Å². The average molecular weight is 262 g/mol. The molecule has 0 amide bonds. The van der Waals surface area contributed by atoms with Crippen LogP contribution in [0.5, 0.6) is 0 Å². The van der Waals surface area contributed by atoms with Crippen LogP contribution < -0.4 is 0 Å². The molecule has 1 aliphatic carbocycles. The van der Waals surface area contributed by atoms with Gasteiger partial charge in [0.05, 0.1) is 6.04 Å². The molecule has 4 heteroatoms. The molecule has 2 fully saturated rings. The summed E-state index contributed by atoms with van der Waals surface area (Å²) in [5.41, 5.74) is 0. The molecular weight excluding hydrogens is 236 g/mol. The van der Waals surface area contributed by atoms with Crippen molar-refractivity contribution in [3.8, 4) is 0 Å². The van der Waals surface area contributed by atoms with Gasteiger partial charge in [0.2, 0.25) is 0 Å². The lowest BCUT2D eigenvalue weighted by molar-refractivity contribution is 0.146. The molecule has 19 heavy (non-hydrogen) atoms. The van der Waals surface area contributed by atoms with Crippen molar-refractivity contribution in [1.29, 1.82) is 0 Å². The molecule has 2 heterocycles. The number of aryl methyl sites for hydroxylation is 1. The van der Waals surface area contributed by atoms with Crippen LogP contribution in [0.4, 0.5) is 0 Å². The lowest BCUT2D eigenvalue weighted by Crippen LogP contribution is -2.34. The van der Waals surface area contributed by atoms with Gasteiger partial charge in [0.15, 0.2) is 0 Å². The Morgan fingerprint density at radius 3 is 2.79 bits per heavy atom. The molecule has 1 aliphatic heterocycles. The van der Waals surface area contributed by atoms with Gasteiger partial charge in [-0.15, -0.1) is 10.2 Å². The van der Waals surface area contributed by atoms with Crippen LogP contribution in [0.15, 0.2) is 6.33 Å². The van der Waals surface area contributed by atoms with Crippen molar-refractivity contribution >= 4 is 0 Å². The van der Waals surface area contributed by atoms with Gasteiger partial charge in [-0.1, -0.05) is 26.2 Å². The van der Waals surface area contributed by atoms with Crippen molar-refractivity contribution in [3.05, 3.63) is 12.2 Å². The zero-order valence-corrected chi connectivity index (χ0v) is 12.3. The number of hydrogen-bond donors (Lipinski definition) is 0. The molecule has 0 N–H and O–H groups in total. The fraction of sp³-hybridized carbons (Fsp3) is 0.867. The Hall–Kier alpha value is -0.900. The summed E-state index contributed by atoms with van der Waals surface area (Å²) < 4.78 is 2.09. The second kappa shape index (κ2) is 5.61. The smallest absolute Gasteiger partial charge is 0.149 e. The van der Waals surface area contributed by atoms with Crippen molar-refractivity contribution in [2.24, 2.45) is 18.9 Å². The van der Waals surface area contributed by atoms with Gasteiger partial charge < -0.3 is 4.57 Å². The summed E-state index contributed by atoms with van der Waals surface area (Å²) in [6.07, 6.45) is 10.1. The maximum Gasteiger partial charge on any atom is 0.149 e. The summed E-state index contributed by atoms with van der Waals surface area (Å²) in [5.74, 6) is 2.94. The monoisotopic (exact) mass is 262 g/mol. The van der Waals surface area contributed by atoms with E-state index in [1.165, 1.54) is 51.6 Å². The SMILES string of the molecule is C[C@@H]1CCCC[C@H]1CN1CCC[C@H]1c1nncn1C. The summed E-state index contributed by atoms with van der Waals surface area (Å²) in [5, 5.41) is 8.38. The molecule has 2 aliphatic rings. The summed E-state index contributed by atoms with van der Waals surface area (Å²) in [6.45, 7) is 4.94. The van der Waals surface area contributed by atoms with E-state index in [-0.39, 0.29) is 0 Å². The van der Waals surface area contributed by atoms with Crippen molar-refractivity contribution in [2.45, 2.75) is 51.5 Å². The van der Waals surface area contributed by atoms with Crippen molar-refractivity contribution in [2.75, 3.05) is 13.1 Å². The Bertz CT molecular complexity index is 414. The third-order valence-electron chi connectivity index (χ3n) is 5.17. The zero-order valence-electron chi connectivity index (χ0n) is 12.3. The van der Waals surface area contributed by atoms with Crippen molar-refractivity contribution in [1.82, 2.24) is 19.7 Å². The Labute approximate surface area is 116 Å². The van der Waals surface area contributed by atoms with E-state index in [4.69, 9.17) is 0 Å². The van der Waals surface area contributed by atoms with Gasteiger partial charge in [0.25, 0.3) is 0 Å². The summed E-state index contributed by atoms with van der Waals surface area (Å²) in [7, 11) is 2.06. The second-order valence-electron chi connectivity index (χ2n) is 6.47. The lowest BCUT2D eigenvalue weighted by Gasteiger charge is -2.34. The van der Waals surface area contributed by atoms with Crippen molar-refractivity contribution in [3.63, 3.8) is 0 Å². The molecule has 1 aromatic heterocycles. The highest BCUT2D eigenvalue weighted by molar-refractivity contribution is 4.99. The van der Waals surface area contributed by atoms with Gasteiger partial charge in [-0.3, -0.25) is 4.90 Å². The standard InChI is InChI=1S/C15H26N4/c1-12-6-3-4-7-13(12)10-19-9-5-8-14(19)15-17-16-11-18(15)2/h11-14H,3-10H2,1-2H3/t12-,13+,14+/m1/s1. The lowest BCUT2D eigenvalue weighted by atomic mass is 9.80. The molecule has 4 nitrogen and oxygen atoms in total. The van der Waals surface area contributed by atoms with Crippen LogP contribution >= 0.6 is 0 Å². The van der Waals surface area contributed by atoms with E-state index >= 15 is 0 Å². The minimum atomic E-state index is 0.502. The predicted octanol–water partition coefficient (Wildman–Crippen LogP) is 2.78. The highest BCUT2D eigenvalue weighted by atomic mass is 15.3. The van der Waals surface area contributed by atoms with E-state index < -0.39 is 0 Å². The minimum absolute atomic E-state index is 0.502. The molecule has 1 saturated heterocycles. The molecule has 1 aromatic rings. The molecule has 3 rings (SSSR count). The quantitative estimate of drug-likeness (QED) is 0.840. The fourth-order valence-electron chi connectivity index (χ4n) is 3.90. The van der Waals surface area contributed by atoms with E-state index in [1.54, 1.807) is 0 Å². The molecule has 0 spiro atoms. The second-order valence-corrected chi connectivity index (χ2v) is 6.47. The first-order valence-corrected chi connectivity index (χ1v) is 7.83. The third-order valence-corrected chi connectivity index (χ3v) is 5.17. The van der Waals surface area contributed by atoms with E-state index in [2.05, 4.69) is 33.6 Å². The highest BCUT2D eigenvalue weighted by Crippen LogP contribution is 2.35. The Balaban J connectivity index is 1.68. The van der Waals surface area contributed by atoms with Crippen LogP contribution in [-0.2, 0) is 7.05 Å². The van der Waals surface area contributed by atoms with E-state index in [1.807, 2.05) is 6.33 Å². The topological polar surface area (TPSA) is 34.0 Å². The summed E-state index contributed by atoms with van der Waals surface area (Å²) in [6, 6.07) is 0.502. The Morgan fingerprint density at radius 2 is 2.05 bits per heavy atom. The van der Waals surface area contributed by atoms with E-state index in [0.29, 0.717) is 6.04 Å². The Kier molecular flexibility index (Phi) is 3.87. The summed E-state index contributed by atoms with van der Waals surface area (Å²) >= 11 is 0. The summed E-state index contributed by atoms with van der Waals surface area (Å²) in [4.78, 5) is 2.66. The van der Waals surface area contributed by atoms with Crippen molar-refractivity contribution < 1.29 is 0 Å². The maximum atomic E-state index is 4.33. The number of likely N-dealkylation sites (tertiary alicyclic amines) is 1. The maximum absolute atomic E-state index is 4.33. The number of nitrogens with zero attached hydrogens (tertiary/aromatic N) is 4. The number of rotatable bonds is 3. The largest absolute Gasteiger partial charge is 0.319 e. The van der Waals surface area contributed by atoms with Gasteiger partial charge in [-0.05, 0) is 37.6 Å². The van der Waals surface area contributed by atoms with Gasteiger partial charge in [-0.25, -0.2) is 0 Å². The molecule has 0 unspecified atom stereocenters. The molecule has 3 atom stereocenters. The van der Waals surface area contributed by atoms with Crippen LogP contribution in [0.3, 0.4) is 0 Å². The number of hydrogen-bond acceptors (Lipinski definition) is 3. The minimum Gasteiger partial charge on any atom is -0.319 e. The van der Waals surface area contributed by atoms with Gasteiger partial charge in [-0.2, -0.15) is 0 Å². The first-order chi connectivity index (χ1) is 9.25. The molecule has 0 bridgehead atoms. The normalized spacial score (nSPS) is 32.8. The molecule has 0 radical (unpaired) electrons. The van der Waals surface area contributed by atoms with Crippen LogP contribution in [0.2, 0.25) is 0 Å². The van der Waals surface area contributed by atoms with E-state index in [0.717, 1.165) is 17.7 Å². The molecule has 1 saturated carbocycles. The van der Waals surface area contributed by atoms with Crippen LogP contribution in [0.1, 0.15) is 57.3 Å². The Morgan fingerprint density at radius 1 is 1.21 bits per heavy atom. The van der Waals surface area contributed by atoms with Gasteiger partial charge in [0.1, 0.15) is 12.2 Å². The molecular formula is C15H26N4. The highest BCUT2D eigenvalue weighted by Gasteiger charge is 2.32. The van der Waals surface area contributed by atoms with Gasteiger partial charge >= 0.3 is 0 Å². The third kappa shape index (κ3) is 2.69.